The van der Waals surface area contributed by atoms with Crippen molar-refractivity contribution < 1.29 is 13.9 Å². The molecular weight excluding hydrogens is 348 g/mol. The molecule has 0 saturated carbocycles. The quantitative estimate of drug-likeness (QED) is 0.459. The Morgan fingerprint density at radius 1 is 1.08 bits per heavy atom. The number of aryl methyl sites for hydroxylation is 2. The molecule has 0 unspecified atom stereocenters. The molecule has 0 fully saturated rings. The molecular formula is C20H20N2O3S. The number of aromatic nitrogens is 2. The van der Waals surface area contributed by atoms with Crippen LogP contribution in [0.5, 0.6) is 5.75 Å². The molecule has 134 valence electrons. The standard InChI is InChI=1S/C20H20N2O3S/c1-13-4-7-16(10-14(13)2)18(23)12-26-20-22-21-19(25-20)11-15-5-8-17(24-3)9-6-15/h4-10H,11-12H2,1-3H3. The Hall–Kier alpha value is -2.60. The van der Waals surface area contributed by atoms with Gasteiger partial charge in [0.1, 0.15) is 5.75 Å². The molecule has 0 spiro atoms. The summed E-state index contributed by atoms with van der Waals surface area (Å²) in [7, 11) is 1.63. The molecule has 0 aliphatic rings. The lowest BCUT2D eigenvalue weighted by molar-refractivity contribution is 0.102. The van der Waals surface area contributed by atoms with E-state index in [0.717, 1.165) is 16.9 Å². The van der Waals surface area contributed by atoms with Crippen LogP contribution in [0.2, 0.25) is 0 Å². The first-order valence-corrected chi connectivity index (χ1v) is 9.22. The van der Waals surface area contributed by atoms with Crippen molar-refractivity contribution >= 4 is 17.5 Å². The van der Waals surface area contributed by atoms with Crippen LogP contribution in [0.15, 0.2) is 52.1 Å². The molecule has 0 bridgehead atoms. The van der Waals surface area contributed by atoms with Crippen LogP contribution in [-0.2, 0) is 6.42 Å². The summed E-state index contributed by atoms with van der Waals surface area (Å²) < 4.78 is 10.8. The molecule has 0 aliphatic heterocycles. The van der Waals surface area contributed by atoms with Crippen LogP contribution in [0.3, 0.4) is 0 Å². The van der Waals surface area contributed by atoms with E-state index in [1.165, 1.54) is 17.3 Å². The minimum atomic E-state index is 0.0491. The van der Waals surface area contributed by atoms with E-state index in [-0.39, 0.29) is 11.5 Å². The highest BCUT2D eigenvalue weighted by molar-refractivity contribution is 7.99. The Bertz CT molecular complexity index is 904. The molecule has 5 nitrogen and oxygen atoms in total. The fraction of sp³-hybridized carbons (Fsp3) is 0.250. The van der Waals surface area contributed by atoms with Crippen LogP contribution in [-0.4, -0.2) is 28.8 Å². The Morgan fingerprint density at radius 3 is 2.54 bits per heavy atom. The molecule has 0 amide bonds. The molecule has 26 heavy (non-hydrogen) atoms. The number of carbonyl (C=O) groups excluding carboxylic acids is 1. The van der Waals surface area contributed by atoms with E-state index in [2.05, 4.69) is 10.2 Å². The van der Waals surface area contributed by atoms with Gasteiger partial charge in [-0.2, -0.15) is 0 Å². The van der Waals surface area contributed by atoms with Crippen molar-refractivity contribution in [1.29, 1.82) is 0 Å². The van der Waals surface area contributed by atoms with Crippen molar-refractivity contribution in [1.82, 2.24) is 10.2 Å². The summed E-state index contributed by atoms with van der Waals surface area (Å²) in [5.74, 6) is 1.65. The van der Waals surface area contributed by atoms with Gasteiger partial charge in [0, 0.05) is 5.56 Å². The fourth-order valence-corrected chi connectivity index (χ4v) is 3.09. The monoisotopic (exact) mass is 368 g/mol. The van der Waals surface area contributed by atoms with Crippen molar-refractivity contribution in [3.05, 3.63) is 70.6 Å². The van der Waals surface area contributed by atoms with Gasteiger partial charge < -0.3 is 9.15 Å². The first-order chi connectivity index (χ1) is 12.5. The number of hydrogen-bond donors (Lipinski definition) is 0. The molecule has 0 radical (unpaired) electrons. The Kier molecular flexibility index (Phi) is 5.73. The van der Waals surface area contributed by atoms with Crippen LogP contribution in [0.4, 0.5) is 0 Å². The highest BCUT2D eigenvalue weighted by Crippen LogP contribution is 2.21. The van der Waals surface area contributed by atoms with Crippen molar-refractivity contribution in [2.45, 2.75) is 25.5 Å². The third-order valence-electron chi connectivity index (χ3n) is 4.12. The smallest absolute Gasteiger partial charge is 0.277 e. The van der Waals surface area contributed by atoms with Gasteiger partial charge in [-0.1, -0.05) is 36.0 Å². The largest absolute Gasteiger partial charge is 0.497 e. The predicted octanol–water partition coefficient (Wildman–Crippen LogP) is 4.26. The first kappa shape index (κ1) is 18.2. The maximum atomic E-state index is 12.3. The summed E-state index contributed by atoms with van der Waals surface area (Å²) in [6, 6.07) is 13.4. The van der Waals surface area contributed by atoms with Crippen LogP contribution in [0.25, 0.3) is 0 Å². The lowest BCUT2D eigenvalue weighted by Crippen LogP contribution is -2.03. The Labute approximate surface area is 156 Å². The zero-order chi connectivity index (χ0) is 18.5. The van der Waals surface area contributed by atoms with Crippen molar-refractivity contribution in [3.8, 4) is 5.75 Å². The Morgan fingerprint density at radius 2 is 1.85 bits per heavy atom. The number of thioether (sulfide) groups is 1. The maximum absolute atomic E-state index is 12.3. The highest BCUT2D eigenvalue weighted by Gasteiger charge is 2.12. The molecule has 6 heteroatoms. The van der Waals surface area contributed by atoms with Crippen molar-refractivity contribution in [3.63, 3.8) is 0 Å². The van der Waals surface area contributed by atoms with E-state index < -0.39 is 0 Å². The number of benzene rings is 2. The van der Waals surface area contributed by atoms with Gasteiger partial charge in [0.15, 0.2) is 5.78 Å². The summed E-state index contributed by atoms with van der Waals surface area (Å²) in [6.07, 6.45) is 0.544. The normalized spacial score (nSPS) is 10.7. The maximum Gasteiger partial charge on any atom is 0.277 e. The summed E-state index contributed by atoms with van der Waals surface area (Å²) in [6.45, 7) is 4.03. The minimum absolute atomic E-state index is 0.0491. The van der Waals surface area contributed by atoms with E-state index in [0.29, 0.717) is 23.1 Å². The highest BCUT2D eigenvalue weighted by atomic mass is 32.2. The van der Waals surface area contributed by atoms with Gasteiger partial charge in [-0.05, 0) is 48.7 Å². The number of nitrogens with zero attached hydrogens (tertiary/aromatic N) is 2. The zero-order valence-electron chi connectivity index (χ0n) is 15.0. The van der Waals surface area contributed by atoms with Gasteiger partial charge in [0.05, 0.1) is 19.3 Å². The van der Waals surface area contributed by atoms with E-state index in [1.54, 1.807) is 7.11 Å². The molecule has 0 atom stereocenters. The molecule has 3 aromatic rings. The number of carbonyl (C=O) groups is 1. The fourth-order valence-electron chi connectivity index (χ4n) is 2.41. The topological polar surface area (TPSA) is 65.2 Å². The van der Waals surface area contributed by atoms with E-state index in [4.69, 9.17) is 9.15 Å². The second-order valence-electron chi connectivity index (χ2n) is 6.00. The number of ether oxygens (including phenoxy) is 1. The van der Waals surface area contributed by atoms with Crippen molar-refractivity contribution in [2.24, 2.45) is 0 Å². The molecule has 1 heterocycles. The molecule has 2 aromatic carbocycles. The number of ketones is 1. The number of methoxy groups -OCH3 is 1. The summed E-state index contributed by atoms with van der Waals surface area (Å²) in [5.41, 5.74) is 4.05. The van der Waals surface area contributed by atoms with Crippen LogP contribution < -0.4 is 4.74 Å². The summed E-state index contributed by atoms with van der Waals surface area (Å²) in [5, 5.41) is 8.47. The third kappa shape index (κ3) is 4.52. The van der Waals surface area contributed by atoms with Gasteiger partial charge in [0.2, 0.25) is 5.89 Å². The zero-order valence-corrected chi connectivity index (χ0v) is 15.8. The van der Waals surface area contributed by atoms with Crippen LogP contribution >= 0.6 is 11.8 Å². The van der Waals surface area contributed by atoms with Gasteiger partial charge in [-0.3, -0.25) is 4.79 Å². The average molecular weight is 368 g/mol. The Balaban J connectivity index is 1.57. The van der Waals surface area contributed by atoms with Gasteiger partial charge in [-0.25, -0.2) is 0 Å². The first-order valence-electron chi connectivity index (χ1n) is 8.23. The lowest BCUT2D eigenvalue weighted by Gasteiger charge is -2.03. The average Bonchev–Trinajstić information content (AvgIpc) is 3.10. The van der Waals surface area contributed by atoms with Crippen molar-refractivity contribution in [2.75, 3.05) is 12.9 Å². The molecule has 1 aromatic heterocycles. The van der Waals surface area contributed by atoms with Gasteiger partial charge >= 0.3 is 0 Å². The predicted molar refractivity (Wildman–Crippen MR) is 101 cm³/mol. The summed E-state index contributed by atoms with van der Waals surface area (Å²) >= 11 is 1.26. The molecule has 3 rings (SSSR count). The van der Waals surface area contributed by atoms with E-state index in [9.17, 15) is 4.79 Å². The molecule has 0 saturated heterocycles. The van der Waals surface area contributed by atoms with Gasteiger partial charge in [0.25, 0.3) is 5.22 Å². The molecule has 0 N–H and O–H groups in total. The third-order valence-corrected chi connectivity index (χ3v) is 4.94. The number of Topliss-reactive ketones (excluding diaryl/α,β-unsaturated/α-hetero) is 1. The van der Waals surface area contributed by atoms with E-state index in [1.807, 2.05) is 56.3 Å². The van der Waals surface area contributed by atoms with Crippen LogP contribution in [0, 0.1) is 13.8 Å². The second-order valence-corrected chi connectivity index (χ2v) is 6.92. The minimum Gasteiger partial charge on any atom is -0.497 e. The van der Waals surface area contributed by atoms with E-state index >= 15 is 0 Å². The van der Waals surface area contributed by atoms with Crippen LogP contribution in [0.1, 0.15) is 32.9 Å². The molecule has 0 aliphatic carbocycles. The number of rotatable bonds is 7. The van der Waals surface area contributed by atoms with Gasteiger partial charge in [-0.15, -0.1) is 10.2 Å². The second kappa shape index (κ2) is 8.19. The lowest BCUT2D eigenvalue weighted by atomic mass is 10.0. The number of hydrogen-bond acceptors (Lipinski definition) is 6. The summed E-state index contributed by atoms with van der Waals surface area (Å²) in [4.78, 5) is 12.3. The SMILES string of the molecule is COc1ccc(Cc2nnc(SCC(=O)c3ccc(C)c(C)c3)o2)cc1.